The Morgan fingerprint density at radius 1 is 1.32 bits per heavy atom. The molecule has 1 heterocycles. The predicted octanol–water partition coefficient (Wildman–Crippen LogP) is 1.08. The van der Waals surface area contributed by atoms with Crippen LogP contribution in [0.25, 0.3) is 0 Å². The van der Waals surface area contributed by atoms with Crippen LogP contribution < -0.4 is 5.32 Å². The summed E-state index contributed by atoms with van der Waals surface area (Å²) in [6.07, 6.45) is 3.05. The number of ether oxygens (including phenoxy) is 2. The van der Waals surface area contributed by atoms with Crippen LogP contribution >= 0.6 is 0 Å². The molecule has 0 spiro atoms. The molecule has 0 atom stereocenters. The van der Waals surface area contributed by atoms with Crippen molar-refractivity contribution in [2.24, 2.45) is 5.92 Å². The summed E-state index contributed by atoms with van der Waals surface area (Å²) in [7, 11) is 1.69. The molecule has 0 saturated heterocycles. The van der Waals surface area contributed by atoms with Crippen molar-refractivity contribution in [1.29, 1.82) is 0 Å². The second-order valence-corrected chi connectivity index (χ2v) is 4.94. The number of nitrogens with one attached hydrogen (secondary N) is 1. The van der Waals surface area contributed by atoms with Gasteiger partial charge in [0.25, 0.3) is 0 Å². The van der Waals surface area contributed by atoms with E-state index in [9.17, 15) is 0 Å². The van der Waals surface area contributed by atoms with Gasteiger partial charge in [0.2, 0.25) is 0 Å². The van der Waals surface area contributed by atoms with E-state index in [1.165, 1.54) is 0 Å². The van der Waals surface area contributed by atoms with Crippen LogP contribution in [-0.4, -0.2) is 48.5 Å². The third kappa shape index (κ3) is 7.92. The first-order valence-electron chi connectivity index (χ1n) is 6.88. The average molecular weight is 270 g/mol. The zero-order valence-electron chi connectivity index (χ0n) is 12.3. The van der Waals surface area contributed by atoms with E-state index in [4.69, 9.17) is 9.47 Å². The molecular weight excluding hydrogens is 244 g/mol. The Morgan fingerprint density at radius 3 is 2.89 bits per heavy atom. The Labute approximate surface area is 115 Å². The second-order valence-electron chi connectivity index (χ2n) is 4.94. The summed E-state index contributed by atoms with van der Waals surface area (Å²) in [5, 5.41) is 11.4. The summed E-state index contributed by atoms with van der Waals surface area (Å²) in [6, 6.07) is 0. The number of nitrogens with zero attached hydrogens (tertiary/aromatic N) is 3. The highest BCUT2D eigenvalue weighted by Crippen LogP contribution is 1.99. The molecule has 0 saturated carbocycles. The average Bonchev–Trinajstić information content (AvgIpc) is 2.82. The lowest BCUT2D eigenvalue weighted by atomic mass is 10.1. The molecule has 0 fully saturated rings. The van der Waals surface area contributed by atoms with Gasteiger partial charge in [-0.1, -0.05) is 19.1 Å². The van der Waals surface area contributed by atoms with Crippen LogP contribution in [0.4, 0.5) is 0 Å². The normalized spacial score (nSPS) is 11.4. The van der Waals surface area contributed by atoms with Crippen molar-refractivity contribution in [3.05, 3.63) is 11.9 Å². The van der Waals surface area contributed by atoms with Crippen LogP contribution in [0.2, 0.25) is 0 Å². The standard InChI is InChI=1S/C13H26N4O2/c1-12(2)4-7-19-9-6-17-11-13(15-16-17)10-14-5-8-18-3/h11-12,14H,4-10H2,1-3H3. The molecule has 0 bridgehead atoms. The molecule has 0 aliphatic carbocycles. The van der Waals surface area contributed by atoms with Crippen molar-refractivity contribution in [3.63, 3.8) is 0 Å². The van der Waals surface area contributed by atoms with Gasteiger partial charge in [-0.05, 0) is 12.3 Å². The molecular formula is C13H26N4O2. The first kappa shape index (κ1) is 16.1. The monoisotopic (exact) mass is 270 g/mol. The Morgan fingerprint density at radius 2 is 2.16 bits per heavy atom. The van der Waals surface area contributed by atoms with Crippen LogP contribution in [0.15, 0.2) is 6.20 Å². The van der Waals surface area contributed by atoms with Crippen molar-refractivity contribution < 1.29 is 9.47 Å². The Hall–Kier alpha value is -0.980. The van der Waals surface area contributed by atoms with Gasteiger partial charge in [-0.15, -0.1) is 5.10 Å². The number of aromatic nitrogens is 3. The summed E-state index contributed by atoms with van der Waals surface area (Å²) in [5.74, 6) is 0.691. The minimum Gasteiger partial charge on any atom is -0.383 e. The van der Waals surface area contributed by atoms with Gasteiger partial charge in [0.1, 0.15) is 0 Å². The lowest BCUT2D eigenvalue weighted by molar-refractivity contribution is 0.113. The lowest BCUT2D eigenvalue weighted by Gasteiger charge is -2.05. The zero-order chi connectivity index (χ0) is 13.9. The molecule has 1 rings (SSSR count). The molecule has 0 aliphatic rings. The van der Waals surface area contributed by atoms with Gasteiger partial charge in [-0.3, -0.25) is 0 Å². The van der Waals surface area contributed by atoms with Crippen molar-refractivity contribution >= 4 is 0 Å². The van der Waals surface area contributed by atoms with Gasteiger partial charge >= 0.3 is 0 Å². The maximum atomic E-state index is 5.55. The highest BCUT2D eigenvalue weighted by atomic mass is 16.5. The van der Waals surface area contributed by atoms with E-state index in [0.717, 1.165) is 38.4 Å². The molecule has 19 heavy (non-hydrogen) atoms. The summed E-state index contributed by atoms with van der Waals surface area (Å²) in [5.41, 5.74) is 0.943. The van der Waals surface area contributed by atoms with Gasteiger partial charge < -0.3 is 14.8 Å². The zero-order valence-corrected chi connectivity index (χ0v) is 12.3. The number of rotatable bonds is 11. The van der Waals surface area contributed by atoms with Gasteiger partial charge in [-0.25, -0.2) is 4.68 Å². The van der Waals surface area contributed by atoms with Gasteiger partial charge in [-0.2, -0.15) is 0 Å². The summed E-state index contributed by atoms with van der Waals surface area (Å²) in [4.78, 5) is 0. The molecule has 0 aromatic carbocycles. The summed E-state index contributed by atoms with van der Waals surface area (Å²) in [6.45, 7) is 8.90. The number of hydrogen-bond acceptors (Lipinski definition) is 5. The fourth-order valence-corrected chi connectivity index (χ4v) is 1.50. The van der Waals surface area contributed by atoms with Crippen LogP contribution in [0.3, 0.4) is 0 Å². The van der Waals surface area contributed by atoms with Gasteiger partial charge in [0.05, 0.1) is 25.5 Å². The fraction of sp³-hybridized carbons (Fsp3) is 0.846. The fourth-order valence-electron chi connectivity index (χ4n) is 1.50. The molecule has 0 unspecified atom stereocenters. The molecule has 6 nitrogen and oxygen atoms in total. The third-order valence-corrected chi connectivity index (χ3v) is 2.68. The van der Waals surface area contributed by atoms with E-state index >= 15 is 0 Å². The predicted molar refractivity (Wildman–Crippen MR) is 73.9 cm³/mol. The van der Waals surface area contributed by atoms with Crippen LogP contribution in [0.5, 0.6) is 0 Å². The maximum absolute atomic E-state index is 5.55. The third-order valence-electron chi connectivity index (χ3n) is 2.68. The molecule has 0 aliphatic heterocycles. The van der Waals surface area contributed by atoms with E-state index < -0.39 is 0 Å². The Kier molecular flexibility index (Phi) is 8.36. The summed E-state index contributed by atoms with van der Waals surface area (Å²) >= 11 is 0. The van der Waals surface area contributed by atoms with Crippen molar-refractivity contribution in [2.45, 2.75) is 33.4 Å². The van der Waals surface area contributed by atoms with E-state index in [-0.39, 0.29) is 0 Å². The Bertz CT molecular complexity index is 328. The number of hydrogen-bond donors (Lipinski definition) is 1. The highest BCUT2D eigenvalue weighted by Gasteiger charge is 2.00. The minimum absolute atomic E-state index is 0.687. The highest BCUT2D eigenvalue weighted by molar-refractivity contribution is 4.91. The van der Waals surface area contributed by atoms with Crippen molar-refractivity contribution in [3.8, 4) is 0 Å². The minimum atomic E-state index is 0.687. The first-order chi connectivity index (χ1) is 9.22. The molecule has 1 aromatic rings. The molecule has 1 N–H and O–H groups in total. The molecule has 0 amide bonds. The van der Waals surface area contributed by atoms with Gasteiger partial charge in [0, 0.05) is 33.0 Å². The van der Waals surface area contributed by atoms with E-state index in [2.05, 4.69) is 29.5 Å². The largest absolute Gasteiger partial charge is 0.383 e. The van der Waals surface area contributed by atoms with Crippen molar-refractivity contribution in [2.75, 3.05) is 33.5 Å². The molecule has 1 aromatic heterocycles. The van der Waals surface area contributed by atoms with Crippen LogP contribution in [-0.2, 0) is 22.6 Å². The van der Waals surface area contributed by atoms with E-state index in [1.807, 2.05) is 10.9 Å². The number of methoxy groups -OCH3 is 1. The molecule has 6 heteroatoms. The quantitative estimate of drug-likeness (QED) is 0.610. The van der Waals surface area contributed by atoms with Crippen molar-refractivity contribution in [1.82, 2.24) is 20.3 Å². The second kappa shape index (κ2) is 9.89. The maximum Gasteiger partial charge on any atom is 0.0964 e. The van der Waals surface area contributed by atoms with E-state index in [0.29, 0.717) is 19.1 Å². The Balaban J connectivity index is 2.09. The first-order valence-corrected chi connectivity index (χ1v) is 6.88. The molecule has 0 radical (unpaired) electrons. The van der Waals surface area contributed by atoms with E-state index in [1.54, 1.807) is 7.11 Å². The smallest absolute Gasteiger partial charge is 0.0964 e. The topological polar surface area (TPSA) is 61.2 Å². The molecule has 110 valence electrons. The SMILES string of the molecule is COCCNCc1cn(CCOCCC(C)C)nn1. The summed E-state index contributed by atoms with van der Waals surface area (Å²) < 4.78 is 12.3. The lowest BCUT2D eigenvalue weighted by Crippen LogP contribution is -2.18. The van der Waals surface area contributed by atoms with Crippen LogP contribution in [0, 0.1) is 5.92 Å². The van der Waals surface area contributed by atoms with Gasteiger partial charge in [0.15, 0.2) is 0 Å². The van der Waals surface area contributed by atoms with Crippen LogP contribution in [0.1, 0.15) is 26.0 Å².